The Morgan fingerprint density at radius 3 is 2.31 bits per heavy atom. The van der Waals surface area contributed by atoms with Crippen LogP contribution in [-0.2, 0) is 21.8 Å². The van der Waals surface area contributed by atoms with Gasteiger partial charge in [0.1, 0.15) is 5.82 Å². The highest BCUT2D eigenvalue weighted by molar-refractivity contribution is 14.0. The van der Waals surface area contributed by atoms with Gasteiger partial charge in [-0.15, -0.1) is 24.0 Å². The molecule has 8 heteroatoms. The van der Waals surface area contributed by atoms with Crippen LogP contribution in [0.3, 0.4) is 0 Å². The number of benzene rings is 2. The molecule has 29 heavy (non-hydrogen) atoms. The minimum atomic E-state index is -3.20. The molecule has 1 saturated carbocycles. The molecule has 0 spiro atoms. The van der Waals surface area contributed by atoms with E-state index in [0.29, 0.717) is 30.5 Å². The van der Waals surface area contributed by atoms with Crippen LogP contribution in [0.25, 0.3) is 0 Å². The van der Waals surface area contributed by atoms with Crippen molar-refractivity contribution in [2.45, 2.75) is 36.6 Å². The Kier molecular flexibility index (Phi) is 8.04. The lowest BCUT2D eigenvalue weighted by Crippen LogP contribution is -2.41. The van der Waals surface area contributed by atoms with Crippen molar-refractivity contribution in [2.75, 3.05) is 19.3 Å². The molecule has 3 rings (SSSR count). The third-order valence-corrected chi connectivity index (χ3v) is 6.14. The standard InChI is InChI=1S/C21H26FN3O2S.HI/c1-3-23-20(24-14-16-8-10-17(11-9-16)28(2,26)27)25-15-21(12-13-21)18-6-4-5-7-19(18)22;/h4-11H,3,12-15H2,1-2H3,(H2,23,24,25);1H. The molecule has 158 valence electrons. The maximum absolute atomic E-state index is 14.2. The van der Waals surface area contributed by atoms with E-state index >= 15 is 0 Å². The van der Waals surface area contributed by atoms with E-state index in [0.717, 1.165) is 24.0 Å². The summed E-state index contributed by atoms with van der Waals surface area (Å²) >= 11 is 0. The molecule has 0 aliphatic heterocycles. The van der Waals surface area contributed by atoms with Crippen molar-refractivity contribution >= 4 is 39.8 Å². The summed E-state index contributed by atoms with van der Waals surface area (Å²) < 4.78 is 37.3. The van der Waals surface area contributed by atoms with Gasteiger partial charge in [0.15, 0.2) is 15.8 Å². The van der Waals surface area contributed by atoms with Crippen molar-refractivity contribution in [3.8, 4) is 0 Å². The third-order valence-electron chi connectivity index (χ3n) is 5.01. The van der Waals surface area contributed by atoms with E-state index in [1.165, 1.54) is 12.3 Å². The van der Waals surface area contributed by atoms with Crippen LogP contribution in [0.5, 0.6) is 0 Å². The summed E-state index contributed by atoms with van der Waals surface area (Å²) in [5.41, 5.74) is 1.51. The second kappa shape index (κ2) is 9.88. The minimum Gasteiger partial charge on any atom is -0.357 e. The van der Waals surface area contributed by atoms with Crippen molar-refractivity contribution in [3.05, 3.63) is 65.5 Å². The predicted octanol–water partition coefficient (Wildman–Crippen LogP) is 3.63. The molecule has 0 saturated heterocycles. The van der Waals surface area contributed by atoms with E-state index in [2.05, 4.69) is 15.6 Å². The van der Waals surface area contributed by atoms with Crippen molar-refractivity contribution in [3.63, 3.8) is 0 Å². The third kappa shape index (κ3) is 6.15. The van der Waals surface area contributed by atoms with Gasteiger partial charge >= 0.3 is 0 Å². The Balaban J connectivity index is 0.00000300. The number of halogens is 2. The number of nitrogens with zero attached hydrogens (tertiary/aromatic N) is 1. The van der Waals surface area contributed by atoms with E-state index in [4.69, 9.17) is 0 Å². The Hall–Kier alpha value is -1.68. The largest absolute Gasteiger partial charge is 0.357 e. The number of rotatable bonds is 7. The van der Waals surface area contributed by atoms with Gasteiger partial charge in [0.2, 0.25) is 0 Å². The predicted molar refractivity (Wildman–Crippen MR) is 125 cm³/mol. The number of guanidine groups is 1. The second-order valence-electron chi connectivity index (χ2n) is 7.23. The van der Waals surface area contributed by atoms with Crippen LogP contribution in [-0.4, -0.2) is 33.7 Å². The lowest BCUT2D eigenvalue weighted by Gasteiger charge is -2.19. The van der Waals surface area contributed by atoms with E-state index in [1.54, 1.807) is 30.3 Å². The van der Waals surface area contributed by atoms with E-state index in [9.17, 15) is 12.8 Å². The van der Waals surface area contributed by atoms with Gasteiger partial charge < -0.3 is 10.6 Å². The Morgan fingerprint density at radius 2 is 1.76 bits per heavy atom. The van der Waals surface area contributed by atoms with Crippen molar-refractivity contribution in [1.29, 1.82) is 0 Å². The molecule has 1 aliphatic carbocycles. The monoisotopic (exact) mass is 531 g/mol. The van der Waals surface area contributed by atoms with Crippen LogP contribution in [0.4, 0.5) is 4.39 Å². The fourth-order valence-electron chi connectivity index (χ4n) is 3.19. The molecule has 5 nitrogen and oxygen atoms in total. The summed E-state index contributed by atoms with van der Waals surface area (Å²) in [7, 11) is -3.20. The maximum Gasteiger partial charge on any atom is 0.191 e. The van der Waals surface area contributed by atoms with Gasteiger partial charge in [-0.25, -0.2) is 17.8 Å². The highest BCUT2D eigenvalue weighted by Crippen LogP contribution is 2.48. The molecule has 1 aliphatic rings. The topological polar surface area (TPSA) is 70.6 Å². The molecule has 0 atom stereocenters. The fraction of sp³-hybridized carbons (Fsp3) is 0.381. The van der Waals surface area contributed by atoms with Crippen LogP contribution in [0, 0.1) is 5.82 Å². The van der Waals surface area contributed by atoms with E-state index < -0.39 is 9.84 Å². The van der Waals surface area contributed by atoms with Crippen LogP contribution < -0.4 is 10.6 Å². The first-order valence-corrected chi connectivity index (χ1v) is 11.3. The number of sulfone groups is 1. The smallest absolute Gasteiger partial charge is 0.191 e. The molecule has 0 radical (unpaired) electrons. The number of hydrogen-bond acceptors (Lipinski definition) is 3. The van der Waals surface area contributed by atoms with Gasteiger partial charge in [0, 0.05) is 24.8 Å². The van der Waals surface area contributed by atoms with Crippen LogP contribution >= 0.6 is 24.0 Å². The summed E-state index contributed by atoms with van der Waals surface area (Å²) in [6, 6.07) is 13.7. The van der Waals surface area contributed by atoms with Crippen molar-refractivity contribution < 1.29 is 12.8 Å². The first kappa shape index (κ1) is 23.6. The average Bonchev–Trinajstić information content (AvgIpc) is 3.45. The normalized spacial score (nSPS) is 15.3. The molecule has 0 aromatic heterocycles. The molecular weight excluding hydrogens is 504 g/mol. The average molecular weight is 531 g/mol. The quantitative estimate of drug-likeness (QED) is 0.325. The molecule has 0 unspecified atom stereocenters. The zero-order valence-corrected chi connectivity index (χ0v) is 19.8. The van der Waals surface area contributed by atoms with Gasteiger partial charge in [0.25, 0.3) is 0 Å². The molecule has 2 aromatic rings. The van der Waals surface area contributed by atoms with E-state index in [-0.39, 0.29) is 35.2 Å². The highest BCUT2D eigenvalue weighted by atomic mass is 127. The molecule has 2 aromatic carbocycles. The number of nitrogens with one attached hydrogen (secondary N) is 2. The summed E-state index contributed by atoms with van der Waals surface area (Å²) in [5.74, 6) is 0.506. The summed E-state index contributed by atoms with van der Waals surface area (Å²) in [6.07, 6.45) is 3.09. The van der Waals surface area contributed by atoms with Gasteiger partial charge in [-0.3, -0.25) is 0 Å². The molecule has 0 amide bonds. The van der Waals surface area contributed by atoms with Gasteiger partial charge in [0.05, 0.1) is 11.4 Å². The molecule has 2 N–H and O–H groups in total. The molecule has 0 heterocycles. The maximum atomic E-state index is 14.2. The minimum absolute atomic E-state index is 0. The Bertz CT molecular complexity index is 958. The highest BCUT2D eigenvalue weighted by Gasteiger charge is 2.45. The van der Waals surface area contributed by atoms with Gasteiger partial charge in [-0.2, -0.15) is 0 Å². The Labute approximate surface area is 189 Å². The van der Waals surface area contributed by atoms with Gasteiger partial charge in [-0.05, 0) is 49.1 Å². The number of hydrogen-bond donors (Lipinski definition) is 2. The molecule has 1 fully saturated rings. The van der Waals surface area contributed by atoms with Crippen molar-refractivity contribution in [1.82, 2.24) is 10.6 Å². The van der Waals surface area contributed by atoms with Crippen molar-refractivity contribution in [2.24, 2.45) is 4.99 Å². The molecular formula is C21H27FIN3O2S. The molecule has 0 bridgehead atoms. The lowest BCUT2D eigenvalue weighted by atomic mass is 9.95. The zero-order chi connectivity index (χ0) is 20.2. The van der Waals surface area contributed by atoms with Crippen LogP contribution in [0.2, 0.25) is 0 Å². The summed E-state index contributed by atoms with van der Waals surface area (Å²) in [4.78, 5) is 4.87. The second-order valence-corrected chi connectivity index (χ2v) is 9.24. The Morgan fingerprint density at radius 1 is 1.10 bits per heavy atom. The van der Waals surface area contributed by atoms with E-state index in [1.807, 2.05) is 19.1 Å². The number of aliphatic imine (C=N–C) groups is 1. The first-order chi connectivity index (χ1) is 13.3. The fourth-order valence-corrected chi connectivity index (χ4v) is 3.82. The summed E-state index contributed by atoms with van der Waals surface area (Å²) in [5, 5.41) is 6.54. The summed E-state index contributed by atoms with van der Waals surface area (Å²) in [6.45, 7) is 3.74. The lowest BCUT2D eigenvalue weighted by molar-refractivity contribution is 0.559. The van der Waals surface area contributed by atoms with Crippen LogP contribution in [0.1, 0.15) is 30.9 Å². The van der Waals surface area contributed by atoms with Crippen LogP contribution in [0.15, 0.2) is 58.4 Å². The zero-order valence-electron chi connectivity index (χ0n) is 16.6. The first-order valence-electron chi connectivity index (χ1n) is 9.40. The SMILES string of the molecule is CCNC(=NCc1ccc(S(C)(=O)=O)cc1)NCC1(c2ccccc2F)CC1.I. The van der Waals surface area contributed by atoms with Gasteiger partial charge in [-0.1, -0.05) is 30.3 Å².